The number of amidine groups is 1. The van der Waals surface area contributed by atoms with E-state index >= 15 is 4.79 Å². The van der Waals surface area contributed by atoms with E-state index in [0.29, 0.717) is 72.5 Å². The third-order valence-electron chi connectivity index (χ3n) is 9.31. The first-order valence-electron chi connectivity index (χ1n) is 16.1. The van der Waals surface area contributed by atoms with Crippen LogP contribution in [0.3, 0.4) is 0 Å². The van der Waals surface area contributed by atoms with Crippen molar-refractivity contribution in [2.75, 3.05) is 51.3 Å². The predicted molar refractivity (Wildman–Crippen MR) is 191 cm³/mol. The third-order valence-corrected chi connectivity index (χ3v) is 10.7. The van der Waals surface area contributed by atoms with Crippen LogP contribution in [0.15, 0.2) is 59.7 Å². The number of benzene rings is 2. The van der Waals surface area contributed by atoms with E-state index in [1.807, 2.05) is 90.1 Å². The van der Waals surface area contributed by atoms with Crippen molar-refractivity contribution in [3.63, 3.8) is 0 Å². The summed E-state index contributed by atoms with van der Waals surface area (Å²) in [7, 11) is -3.10. The molecule has 2 aromatic carbocycles. The minimum Gasteiger partial charge on any atom is -0.477 e. The zero-order valence-electron chi connectivity index (χ0n) is 28.6. The van der Waals surface area contributed by atoms with Gasteiger partial charge >= 0.3 is 6.03 Å². The highest BCUT2D eigenvalue weighted by molar-refractivity contribution is 7.90. The number of sulfone groups is 1. The van der Waals surface area contributed by atoms with Crippen LogP contribution in [-0.2, 0) is 26.3 Å². The quantitative estimate of drug-likeness (QED) is 0.275. The zero-order valence-corrected chi connectivity index (χ0v) is 31.0. The second-order valence-corrected chi connectivity index (χ2v) is 16.9. The number of piperazine rings is 1. The van der Waals surface area contributed by atoms with Crippen LogP contribution in [0.2, 0.25) is 10.0 Å². The van der Waals surface area contributed by atoms with Crippen molar-refractivity contribution in [1.29, 1.82) is 0 Å². The molecule has 0 aliphatic carbocycles. The van der Waals surface area contributed by atoms with Crippen molar-refractivity contribution in [2.45, 2.75) is 58.0 Å². The molecule has 0 spiro atoms. The van der Waals surface area contributed by atoms with Gasteiger partial charge in [-0.2, -0.15) is 4.98 Å². The Morgan fingerprint density at radius 2 is 1.50 bits per heavy atom. The van der Waals surface area contributed by atoms with Crippen molar-refractivity contribution in [3.05, 3.63) is 87.3 Å². The molecular formula is C35H44Cl2N6O4S. The summed E-state index contributed by atoms with van der Waals surface area (Å²) in [6.07, 6.45) is 2.95. The van der Waals surface area contributed by atoms with Gasteiger partial charge in [-0.25, -0.2) is 18.2 Å². The molecule has 3 aromatic rings. The highest BCUT2D eigenvalue weighted by Gasteiger charge is 2.60. The molecule has 1 fully saturated rings. The number of ether oxygens (including phenoxy) is 1. The Balaban J connectivity index is 1.69. The lowest BCUT2D eigenvalue weighted by atomic mass is 9.71. The smallest absolute Gasteiger partial charge is 0.326 e. The number of urea groups is 1. The van der Waals surface area contributed by atoms with Gasteiger partial charge in [-0.05, 0) is 56.2 Å². The molecule has 10 nitrogen and oxygen atoms in total. The number of hydrogen-bond acceptors (Lipinski definition) is 8. The molecule has 0 N–H and O–H groups in total. The summed E-state index contributed by atoms with van der Waals surface area (Å²) in [6.45, 7) is 14.7. The van der Waals surface area contributed by atoms with Crippen LogP contribution in [0.5, 0.6) is 5.88 Å². The normalized spacial score (nSPS) is 22.1. The molecule has 0 saturated carbocycles. The Bertz CT molecular complexity index is 1790. The standard InChI is InChI=1S/C35H44Cl2N6O4S/c1-8-47-30-28(23-38-31(39-30)33(2,3)4)29-40-34(5,24-9-13-26(36)14-10-24)35(6,25-11-15-27(37)16-12-25)43(29)32(44)42-19-17-41(18-20-42)21-22-48(7,45)46/h9-16,23H,8,17-22H2,1-7H3/t34-,35+/m0/s1. The Kier molecular flexibility index (Phi) is 10.2. The van der Waals surface area contributed by atoms with Crippen LogP contribution < -0.4 is 4.74 Å². The molecule has 0 radical (unpaired) electrons. The molecule has 5 rings (SSSR count). The maximum Gasteiger partial charge on any atom is 0.326 e. The van der Waals surface area contributed by atoms with Crippen LogP contribution in [0, 0.1) is 0 Å². The average Bonchev–Trinajstić information content (AvgIpc) is 3.27. The maximum absolute atomic E-state index is 15.1. The largest absolute Gasteiger partial charge is 0.477 e. The van der Waals surface area contributed by atoms with E-state index in [-0.39, 0.29) is 17.2 Å². The number of carbonyl (C=O) groups is 1. The number of aromatic nitrogens is 2. The Morgan fingerprint density at radius 3 is 2.02 bits per heavy atom. The molecule has 13 heteroatoms. The van der Waals surface area contributed by atoms with E-state index in [2.05, 4.69) is 4.90 Å². The second kappa shape index (κ2) is 13.6. The van der Waals surface area contributed by atoms with Gasteiger partial charge in [0, 0.05) is 60.6 Å². The van der Waals surface area contributed by atoms with Crippen molar-refractivity contribution in [1.82, 2.24) is 24.7 Å². The third kappa shape index (κ3) is 7.06. The van der Waals surface area contributed by atoms with Gasteiger partial charge in [-0.1, -0.05) is 68.2 Å². The first-order chi connectivity index (χ1) is 22.5. The fourth-order valence-corrected chi connectivity index (χ4v) is 7.14. The topological polar surface area (TPSA) is 108 Å². The molecule has 258 valence electrons. The minimum absolute atomic E-state index is 0.0722. The Morgan fingerprint density at radius 1 is 0.938 bits per heavy atom. The SMILES string of the molecule is CCOc1nc(C(C)(C)C)ncc1C1=N[C@@](C)(c2ccc(Cl)cc2)[C@@](C)(c2ccc(Cl)cc2)N1C(=O)N1CCN(CCS(C)(=O)=O)CC1. The molecule has 2 atom stereocenters. The monoisotopic (exact) mass is 714 g/mol. The molecular weight excluding hydrogens is 671 g/mol. The summed E-state index contributed by atoms with van der Waals surface area (Å²) in [5.41, 5.74) is -0.245. The maximum atomic E-state index is 15.1. The summed E-state index contributed by atoms with van der Waals surface area (Å²) >= 11 is 12.7. The number of carbonyl (C=O) groups excluding carboxylic acids is 1. The van der Waals surface area contributed by atoms with Crippen LogP contribution in [-0.4, -0.2) is 96.3 Å². The number of aliphatic imine (C=N–C) groups is 1. The highest BCUT2D eigenvalue weighted by Crippen LogP contribution is 2.54. The highest BCUT2D eigenvalue weighted by atomic mass is 35.5. The van der Waals surface area contributed by atoms with Crippen LogP contribution in [0.1, 0.15) is 64.1 Å². The minimum atomic E-state index is -3.10. The molecule has 0 unspecified atom stereocenters. The predicted octanol–water partition coefficient (Wildman–Crippen LogP) is 6.15. The van der Waals surface area contributed by atoms with E-state index in [1.54, 1.807) is 16.0 Å². The van der Waals surface area contributed by atoms with Gasteiger partial charge in [0.2, 0.25) is 5.88 Å². The van der Waals surface area contributed by atoms with Crippen LogP contribution in [0.25, 0.3) is 0 Å². The summed E-state index contributed by atoms with van der Waals surface area (Å²) in [5.74, 6) is 1.41. The van der Waals surface area contributed by atoms with Gasteiger partial charge in [-0.3, -0.25) is 14.8 Å². The van der Waals surface area contributed by atoms with Gasteiger partial charge in [0.25, 0.3) is 0 Å². The lowest BCUT2D eigenvalue weighted by Crippen LogP contribution is -2.60. The fourth-order valence-electron chi connectivity index (χ4n) is 6.29. The number of hydrogen-bond donors (Lipinski definition) is 0. The summed E-state index contributed by atoms with van der Waals surface area (Å²) in [4.78, 5) is 35.7. The van der Waals surface area contributed by atoms with E-state index in [1.165, 1.54) is 6.26 Å². The summed E-state index contributed by atoms with van der Waals surface area (Å²) < 4.78 is 29.8. The number of rotatable bonds is 8. The van der Waals surface area contributed by atoms with E-state index < -0.39 is 20.9 Å². The summed E-state index contributed by atoms with van der Waals surface area (Å²) in [5, 5.41) is 1.16. The van der Waals surface area contributed by atoms with Gasteiger partial charge < -0.3 is 9.64 Å². The first-order valence-corrected chi connectivity index (χ1v) is 18.9. The van der Waals surface area contributed by atoms with Crippen LogP contribution >= 0.6 is 23.2 Å². The van der Waals surface area contributed by atoms with Crippen LogP contribution in [0.4, 0.5) is 4.79 Å². The number of halogens is 2. The van der Waals surface area contributed by atoms with E-state index in [4.69, 9.17) is 42.9 Å². The molecule has 0 bridgehead atoms. The summed E-state index contributed by atoms with van der Waals surface area (Å²) in [6, 6.07) is 14.8. The molecule has 3 heterocycles. The zero-order chi connectivity index (χ0) is 35.1. The first kappa shape index (κ1) is 36.0. The molecule has 2 aliphatic heterocycles. The molecule has 1 aromatic heterocycles. The Hall–Kier alpha value is -3.25. The second-order valence-electron chi connectivity index (χ2n) is 13.8. The van der Waals surface area contributed by atoms with Gasteiger partial charge in [0.05, 0.1) is 17.9 Å². The van der Waals surface area contributed by atoms with Gasteiger partial charge in [0.1, 0.15) is 32.6 Å². The van der Waals surface area contributed by atoms with Crippen molar-refractivity contribution < 1.29 is 17.9 Å². The number of nitrogens with zero attached hydrogens (tertiary/aromatic N) is 6. The van der Waals surface area contributed by atoms with E-state index in [0.717, 1.165) is 11.1 Å². The number of amides is 2. The fraction of sp³-hybridized carbons (Fsp3) is 0.486. The lowest BCUT2D eigenvalue weighted by molar-refractivity contribution is 0.0880. The van der Waals surface area contributed by atoms with Gasteiger partial charge in [-0.15, -0.1) is 0 Å². The van der Waals surface area contributed by atoms with Crippen molar-refractivity contribution >= 4 is 44.9 Å². The molecule has 2 amide bonds. The van der Waals surface area contributed by atoms with Crippen molar-refractivity contribution in [3.8, 4) is 5.88 Å². The van der Waals surface area contributed by atoms with E-state index in [9.17, 15) is 8.42 Å². The van der Waals surface area contributed by atoms with Crippen molar-refractivity contribution in [2.24, 2.45) is 4.99 Å². The molecule has 48 heavy (non-hydrogen) atoms. The average molecular weight is 716 g/mol. The molecule has 1 saturated heterocycles. The Labute approximate surface area is 294 Å². The van der Waals surface area contributed by atoms with Gasteiger partial charge in [0.15, 0.2) is 0 Å². The lowest BCUT2D eigenvalue weighted by Gasteiger charge is -2.47. The molecule has 2 aliphatic rings.